The number of aryl methyl sites for hydroxylation is 1. The summed E-state index contributed by atoms with van der Waals surface area (Å²) in [5.74, 6) is -1.11. The highest BCUT2D eigenvalue weighted by atomic mass is 19.1. The maximum absolute atomic E-state index is 14.7. The summed E-state index contributed by atoms with van der Waals surface area (Å²) in [6.07, 6.45) is 8.71. The molecule has 0 amide bonds. The fourth-order valence-corrected chi connectivity index (χ4v) is 4.51. The van der Waals surface area contributed by atoms with Crippen LogP contribution in [0.15, 0.2) is 41.6 Å². The zero-order valence-corrected chi connectivity index (χ0v) is 18.5. The van der Waals surface area contributed by atoms with Crippen LogP contribution in [0.1, 0.15) is 55.1 Å². The molecule has 34 heavy (non-hydrogen) atoms. The molecule has 174 valence electrons. The molecule has 1 unspecified atom stereocenters. The lowest BCUT2D eigenvalue weighted by Gasteiger charge is -2.28. The number of fused-ring (bicyclic) bond motifs is 1. The summed E-state index contributed by atoms with van der Waals surface area (Å²) in [5, 5.41) is 8.85. The highest BCUT2D eigenvalue weighted by Gasteiger charge is 2.31. The quantitative estimate of drug-likeness (QED) is 0.456. The molecular weight excluding hydrogens is 442 g/mol. The number of halogens is 2. The van der Waals surface area contributed by atoms with E-state index in [4.69, 9.17) is 4.74 Å². The second kappa shape index (κ2) is 8.05. The Morgan fingerprint density at radius 2 is 1.94 bits per heavy atom. The molecule has 6 rings (SSSR count). The van der Waals surface area contributed by atoms with Gasteiger partial charge in [0, 0.05) is 43.0 Å². The van der Waals surface area contributed by atoms with Gasteiger partial charge in [-0.05, 0) is 37.8 Å². The van der Waals surface area contributed by atoms with Gasteiger partial charge in [-0.1, -0.05) is 0 Å². The van der Waals surface area contributed by atoms with Crippen LogP contribution in [0.2, 0.25) is 0 Å². The summed E-state index contributed by atoms with van der Waals surface area (Å²) >= 11 is 0. The number of hydrogen-bond donors (Lipinski definition) is 0. The molecule has 1 aliphatic heterocycles. The van der Waals surface area contributed by atoms with Gasteiger partial charge in [-0.3, -0.25) is 9.48 Å². The Hall–Kier alpha value is -3.53. The molecule has 1 saturated heterocycles. The maximum atomic E-state index is 14.7. The second-order valence-corrected chi connectivity index (χ2v) is 8.96. The zero-order chi connectivity index (χ0) is 23.4. The summed E-state index contributed by atoms with van der Waals surface area (Å²) in [7, 11) is 1.53. The zero-order valence-electron chi connectivity index (χ0n) is 18.5. The Morgan fingerprint density at radius 3 is 2.74 bits per heavy atom. The molecule has 0 N–H and O–H groups in total. The van der Waals surface area contributed by atoms with Gasteiger partial charge in [0.15, 0.2) is 0 Å². The van der Waals surface area contributed by atoms with Crippen LogP contribution in [0.5, 0.6) is 0 Å². The second-order valence-electron chi connectivity index (χ2n) is 8.96. The molecular formula is C24H22F2N6O2. The average molecular weight is 464 g/mol. The van der Waals surface area contributed by atoms with E-state index in [0.29, 0.717) is 36.7 Å². The summed E-state index contributed by atoms with van der Waals surface area (Å²) in [6.45, 7) is 0.500. The summed E-state index contributed by atoms with van der Waals surface area (Å²) < 4.78 is 37.5. The Kier molecular flexibility index (Phi) is 4.98. The highest BCUT2D eigenvalue weighted by Crippen LogP contribution is 2.39. The lowest BCUT2D eigenvalue weighted by atomic mass is 9.92. The fraction of sp³-hybridized carbons (Fsp3) is 0.375. The van der Waals surface area contributed by atoms with Crippen molar-refractivity contribution in [3.63, 3.8) is 0 Å². The first kappa shape index (κ1) is 21.0. The first-order valence-corrected chi connectivity index (χ1v) is 11.3. The number of rotatable bonds is 4. The minimum atomic E-state index is -0.760. The van der Waals surface area contributed by atoms with E-state index in [9.17, 15) is 13.6 Å². The van der Waals surface area contributed by atoms with Crippen molar-refractivity contribution < 1.29 is 13.5 Å². The number of ether oxygens (including phenoxy) is 1. The van der Waals surface area contributed by atoms with E-state index in [1.807, 2.05) is 17.1 Å². The molecule has 10 heteroatoms. The molecule has 4 heterocycles. The Labute approximate surface area is 193 Å². The maximum Gasteiger partial charge on any atom is 0.293 e. The van der Waals surface area contributed by atoms with Gasteiger partial charge in [-0.2, -0.15) is 10.2 Å². The SMILES string of the molecule is Cn1ncc2c(-c3ccc(F)cc3F)nc(C3CCO[C@@H](c4cnn(C5CC5)c4)C3)nc2c1=O. The average Bonchev–Trinajstić information content (AvgIpc) is 3.57. The first-order valence-electron chi connectivity index (χ1n) is 11.3. The molecule has 0 spiro atoms. The molecule has 2 fully saturated rings. The molecule has 2 aliphatic rings. The van der Waals surface area contributed by atoms with Gasteiger partial charge in [-0.15, -0.1) is 0 Å². The van der Waals surface area contributed by atoms with Gasteiger partial charge in [0.05, 0.1) is 35.6 Å². The van der Waals surface area contributed by atoms with Crippen LogP contribution < -0.4 is 5.56 Å². The molecule has 2 atom stereocenters. The fourth-order valence-electron chi connectivity index (χ4n) is 4.51. The molecule has 0 radical (unpaired) electrons. The topological polar surface area (TPSA) is 87.7 Å². The lowest BCUT2D eigenvalue weighted by Crippen LogP contribution is -2.24. The first-order chi connectivity index (χ1) is 16.5. The van der Waals surface area contributed by atoms with Crippen LogP contribution in [-0.4, -0.2) is 36.1 Å². The summed E-state index contributed by atoms with van der Waals surface area (Å²) in [4.78, 5) is 22.2. The van der Waals surface area contributed by atoms with E-state index >= 15 is 0 Å². The van der Waals surface area contributed by atoms with Crippen molar-refractivity contribution in [1.29, 1.82) is 0 Å². The molecule has 4 aromatic rings. The number of benzene rings is 1. The van der Waals surface area contributed by atoms with E-state index in [1.165, 1.54) is 30.1 Å². The molecule has 1 aliphatic carbocycles. The van der Waals surface area contributed by atoms with Gasteiger partial charge in [0.25, 0.3) is 5.56 Å². The molecule has 0 bridgehead atoms. The van der Waals surface area contributed by atoms with Crippen molar-refractivity contribution >= 4 is 10.9 Å². The highest BCUT2D eigenvalue weighted by molar-refractivity contribution is 5.91. The number of nitrogens with zero attached hydrogens (tertiary/aromatic N) is 6. The Bertz CT molecular complexity index is 1460. The molecule has 8 nitrogen and oxygen atoms in total. The monoisotopic (exact) mass is 464 g/mol. The summed E-state index contributed by atoms with van der Waals surface area (Å²) in [5.41, 5.74) is 1.08. The van der Waals surface area contributed by atoms with Crippen LogP contribution in [0, 0.1) is 11.6 Å². The van der Waals surface area contributed by atoms with Gasteiger partial charge in [0.2, 0.25) is 0 Å². The van der Waals surface area contributed by atoms with E-state index in [0.717, 1.165) is 24.5 Å². The smallest absolute Gasteiger partial charge is 0.293 e. The van der Waals surface area contributed by atoms with Crippen LogP contribution in [0.4, 0.5) is 8.78 Å². The van der Waals surface area contributed by atoms with Crippen molar-refractivity contribution in [2.24, 2.45) is 7.05 Å². The summed E-state index contributed by atoms with van der Waals surface area (Å²) in [6, 6.07) is 3.78. The third-order valence-electron chi connectivity index (χ3n) is 6.57. The number of aromatic nitrogens is 6. The third-order valence-corrected chi connectivity index (χ3v) is 6.57. The van der Waals surface area contributed by atoms with Gasteiger partial charge in [0.1, 0.15) is 23.0 Å². The third kappa shape index (κ3) is 3.67. The van der Waals surface area contributed by atoms with Gasteiger partial charge >= 0.3 is 0 Å². The molecule has 1 saturated carbocycles. The van der Waals surface area contributed by atoms with Crippen molar-refractivity contribution in [2.75, 3.05) is 6.61 Å². The van der Waals surface area contributed by atoms with E-state index in [2.05, 4.69) is 20.2 Å². The van der Waals surface area contributed by atoms with Crippen molar-refractivity contribution in [1.82, 2.24) is 29.5 Å². The van der Waals surface area contributed by atoms with Gasteiger partial charge in [-0.25, -0.2) is 23.4 Å². The van der Waals surface area contributed by atoms with Crippen molar-refractivity contribution in [2.45, 2.75) is 43.7 Å². The Morgan fingerprint density at radius 1 is 1.09 bits per heavy atom. The Balaban J connectivity index is 1.43. The van der Waals surface area contributed by atoms with Crippen LogP contribution >= 0.6 is 0 Å². The van der Waals surface area contributed by atoms with Crippen LogP contribution in [-0.2, 0) is 11.8 Å². The predicted molar refractivity (Wildman–Crippen MR) is 119 cm³/mol. The largest absolute Gasteiger partial charge is 0.373 e. The van der Waals surface area contributed by atoms with Gasteiger partial charge < -0.3 is 4.74 Å². The van der Waals surface area contributed by atoms with E-state index in [1.54, 1.807) is 0 Å². The molecule has 3 aromatic heterocycles. The van der Waals surface area contributed by atoms with Crippen LogP contribution in [0.25, 0.3) is 22.2 Å². The van der Waals surface area contributed by atoms with E-state index < -0.39 is 17.2 Å². The lowest BCUT2D eigenvalue weighted by molar-refractivity contribution is 0.00397. The standard InChI is InChI=1S/C24H22F2N6O2/c1-31-24(33)22-18(11-27-31)21(17-5-2-15(25)9-19(17)26)29-23(30-22)13-6-7-34-20(8-13)14-10-28-32(12-14)16-3-4-16/h2,5,9-13,16,20H,3-4,6-8H2,1H3/t13?,20-/m1/s1. The normalized spacial score (nSPS) is 20.7. The van der Waals surface area contributed by atoms with Crippen molar-refractivity contribution in [3.05, 3.63) is 70.2 Å². The molecule has 1 aromatic carbocycles. The van der Waals surface area contributed by atoms with Crippen LogP contribution in [0.3, 0.4) is 0 Å². The van der Waals surface area contributed by atoms with E-state index in [-0.39, 0.29) is 28.8 Å². The predicted octanol–water partition coefficient (Wildman–Crippen LogP) is 3.84. The minimum Gasteiger partial charge on any atom is -0.373 e. The van der Waals surface area contributed by atoms with Crippen molar-refractivity contribution in [3.8, 4) is 11.3 Å². The minimum absolute atomic E-state index is 0.0967. The number of hydrogen-bond acceptors (Lipinski definition) is 6.